The maximum atomic E-state index is 12.2. The topological polar surface area (TPSA) is 59.6 Å². The van der Waals surface area contributed by atoms with Gasteiger partial charge in [0.05, 0.1) is 19.9 Å². The molecule has 0 aromatic heterocycles. The summed E-state index contributed by atoms with van der Waals surface area (Å²) in [4.78, 5) is 12.2. The second kappa shape index (κ2) is 5.32. The largest absolute Gasteiger partial charge is 0.494 e. The van der Waals surface area contributed by atoms with E-state index in [0.717, 1.165) is 29.9 Å². The van der Waals surface area contributed by atoms with E-state index >= 15 is 0 Å². The molecule has 2 aliphatic heterocycles. The summed E-state index contributed by atoms with van der Waals surface area (Å²) in [6.07, 6.45) is 2.77. The standard InChI is InChI=1S/C15H20N2O3/c1-2-3-7-19-11-4-5-13-12(9-11)15(6-8-20-13)14(18)16-10-17-15/h4-5,9,17H,2-3,6-8,10H2,1H3,(H,16,18). The van der Waals surface area contributed by atoms with E-state index in [4.69, 9.17) is 9.47 Å². The Balaban J connectivity index is 1.91. The average Bonchev–Trinajstić information content (AvgIpc) is 2.82. The highest BCUT2D eigenvalue weighted by Crippen LogP contribution is 2.40. The molecule has 5 nitrogen and oxygen atoms in total. The molecule has 1 aromatic carbocycles. The summed E-state index contributed by atoms with van der Waals surface area (Å²) in [5, 5.41) is 6.12. The Hall–Kier alpha value is -1.75. The molecule has 1 saturated heterocycles. The lowest BCUT2D eigenvalue weighted by Crippen LogP contribution is -2.47. The summed E-state index contributed by atoms with van der Waals surface area (Å²) in [6, 6.07) is 5.73. The molecule has 1 atom stereocenters. The maximum absolute atomic E-state index is 12.2. The van der Waals surface area contributed by atoms with Gasteiger partial charge in [0, 0.05) is 12.0 Å². The van der Waals surface area contributed by atoms with Crippen LogP contribution in [0.3, 0.4) is 0 Å². The number of rotatable bonds is 4. The van der Waals surface area contributed by atoms with Crippen LogP contribution in [0.15, 0.2) is 18.2 Å². The van der Waals surface area contributed by atoms with Crippen LogP contribution in [0.4, 0.5) is 0 Å². The van der Waals surface area contributed by atoms with Crippen molar-refractivity contribution in [1.82, 2.24) is 10.6 Å². The molecule has 5 heteroatoms. The van der Waals surface area contributed by atoms with Gasteiger partial charge in [-0.3, -0.25) is 10.1 Å². The highest BCUT2D eigenvalue weighted by molar-refractivity contribution is 5.90. The van der Waals surface area contributed by atoms with Gasteiger partial charge in [0.1, 0.15) is 17.0 Å². The van der Waals surface area contributed by atoms with E-state index in [2.05, 4.69) is 17.6 Å². The SMILES string of the molecule is CCCCOc1ccc2c(c1)C1(CCO2)NCNC1=O. The molecule has 0 radical (unpaired) electrons. The van der Waals surface area contributed by atoms with Crippen LogP contribution in [0.1, 0.15) is 31.7 Å². The van der Waals surface area contributed by atoms with E-state index in [9.17, 15) is 4.79 Å². The van der Waals surface area contributed by atoms with Gasteiger partial charge >= 0.3 is 0 Å². The van der Waals surface area contributed by atoms with Crippen LogP contribution in [0, 0.1) is 0 Å². The number of unbranched alkanes of at least 4 members (excludes halogenated alkanes) is 1. The third-order valence-corrected chi connectivity index (χ3v) is 3.94. The maximum Gasteiger partial charge on any atom is 0.246 e. The van der Waals surface area contributed by atoms with Gasteiger partial charge in [-0.05, 0) is 24.6 Å². The summed E-state index contributed by atoms with van der Waals surface area (Å²) >= 11 is 0. The van der Waals surface area contributed by atoms with E-state index in [1.807, 2.05) is 18.2 Å². The van der Waals surface area contributed by atoms with Crippen molar-refractivity contribution in [3.05, 3.63) is 23.8 Å². The van der Waals surface area contributed by atoms with Crippen LogP contribution in [-0.4, -0.2) is 25.8 Å². The number of ether oxygens (including phenoxy) is 2. The first-order valence-electron chi connectivity index (χ1n) is 7.20. The van der Waals surface area contributed by atoms with Crippen molar-refractivity contribution >= 4 is 5.91 Å². The highest BCUT2D eigenvalue weighted by Gasteiger charge is 2.47. The predicted octanol–water partition coefficient (Wildman–Crippen LogP) is 1.52. The fraction of sp³-hybridized carbons (Fsp3) is 0.533. The molecule has 1 unspecified atom stereocenters. The Morgan fingerprint density at radius 3 is 3.10 bits per heavy atom. The Morgan fingerprint density at radius 1 is 1.45 bits per heavy atom. The van der Waals surface area contributed by atoms with Gasteiger partial charge in [0.15, 0.2) is 0 Å². The molecule has 1 amide bonds. The minimum absolute atomic E-state index is 0.0211. The highest BCUT2D eigenvalue weighted by atomic mass is 16.5. The number of amides is 1. The number of benzene rings is 1. The average molecular weight is 276 g/mol. The van der Waals surface area contributed by atoms with Crippen LogP contribution in [0.5, 0.6) is 11.5 Å². The molecule has 108 valence electrons. The number of nitrogens with one attached hydrogen (secondary N) is 2. The lowest BCUT2D eigenvalue weighted by atomic mass is 9.84. The van der Waals surface area contributed by atoms with Gasteiger partial charge in [0.25, 0.3) is 0 Å². The Kier molecular flexibility index (Phi) is 3.53. The van der Waals surface area contributed by atoms with Gasteiger partial charge < -0.3 is 14.8 Å². The van der Waals surface area contributed by atoms with E-state index < -0.39 is 5.54 Å². The predicted molar refractivity (Wildman–Crippen MR) is 74.8 cm³/mol. The minimum Gasteiger partial charge on any atom is -0.494 e. The quantitative estimate of drug-likeness (QED) is 0.819. The van der Waals surface area contributed by atoms with Crippen LogP contribution >= 0.6 is 0 Å². The number of hydrogen-bond donors (Lipinski definition) is 2. The van der Waals surface area contributed by atoms with Gasteiger partial charge in [0.2, 0.25) is 5.91 Å². The van der Waals surface area contributed by atoms with Crippen molar-refractivity contribution in [3.8, 4) is 11.5 Å². The zero-order valence-corrected chi connectivity index (χ0v) is 11.7. The lowest BCUT2D eigenvalue weighted by Gasteiger charge is -2.33. The summed E-state index contributed by atoms with van der Waals surface area (Å²) in [6.45, 7) is 3.87. The van der Waals surface area contributed by atoms with Crippen molar-refractivity contribution in [3.63, 3.8) is 0 Å². The van der Waals surface area contributed by atoms with Crippen LogP contribution in [0.2, 0.25) is 0 Å². The molecular weight excluding hydrogens is 256 g/mol. The zero-order chi connectivity index (χ0) is 14.0. The van der Waals surface area contributed by atoms with E-state index in [0.29, 0.717) is 26.3 Å². The summed E-state index contributed by atoms with van der Waals surface area (Å²) < 4.78 is 11.4. The first-order valence-corrected chi connectivity index (χ1v) is 7.20. The molecule has 3 rings (SSSR count). The third kappa shape index (κ3) is 2.12. The number of carbonyl (C=O) groups is 1. The normalized spacial score (nSPS) is 24.1. The van der Waals surface area contributed by atoms with Crippen molar-refractivity contribution in [2.75, 3.05) is 19.9 Å². The smallest absolute Gasteiger partial charge is 0.246 e. The molecule has 1 fully saturated rings. The molecular formula is C15H20N2O3. The fourth-order valence-electron chi connectivity index (χ4n) is 2.77. The number of fused-ring (bicyclic) bond motifs is 2. The molecule has 2 N–H and O–H groups in total. The summed E-state index contributed by atoms with van der Waals surface area (Å²) in [5.41, 5.74) is 0.227. The number of hydrogen-bond acceptors (Lipinski definition) is 4. The Labute approximate surface area is 118 Å². The van der Waals surface area contributed by atoms with Crippen LogP contribution in [-0.2, 0) is 10.3 Å². The monoisotopic (exact) mass is 276 g/mol. The number of carbonyl (C=O) groups excluding carboxylic acids is 1. The van der Waals surface area contributed by atoms with Crippen LogP contribution in [0.25, 0.3) is 0 Å². The third-order valence-electron chi connectivity index (χ3n) is 3.94. The lowest BCUT2D eigenvalue weighted by molar-refractivity contribution is -0.125. The molecule has 1 aromatic rings. The molecule has 2 aliphatic rings. The minimum atomic E-state index is -0.655. The second-order valence-electron chi connectivity index (χ2n) is 5.22. The van der Waals surface area contributed by atoms with Crippen molar-refractivity contribution in [2.24, 2.45) is 0 Å². The molecule has 0 bridgehead atoms. The van der Waals surface area contributed by atoms with Gasteiger partial charge in [-0.15, -0.1) is 0 Å². The van der Waals surface area contributed by atoms with Crippen molar-refractivity contribution < 1.29 is 14.3 Å². The summed E-state index contributed by atoms with van der Waals surface area (Å²) in [7, 11) is 0. The van der Waals surface area contributed by atoms with Crippen LogP contribution < -0.4 is 20.1 Å². The Morgan fingerprint density at radius 2 is 2.35 bits per heavy atom. The van der Waals surface area contributed by atoms with Gasteiger partial charge in [-0.2, -0.15) is 0 Å². The second-order valence-corrected chi connectivity index (χ2v) is 5.22. The van der Waals surface area contributed by atoms with Gasteiger partial charge in [-0.25, -0.2) is 0 Å². The van der Waals surface area contributed by atoms with E-state index in [-0.39, 0.29) is 5.91 Å². The molecule has 0 saturated carbocycles. The van der Waals surface area contributed by atoms with Gasteiger partial charge in [-0.1, -0.05) is 13.3 Å². The fourth-order valence-corrected chi connectivity index (χ4v) is 2.77. The molecule has 2 heterocycles. The van der Waals surface area contributed by atoms with E-state index in [1.165, 1.54) is 0 Å². The zero-order valence-electron chi connectivity index (χ0n) is 11.7. The molecule has 1 spiro atoms. The Bertz CT molecular complexity index is 518. The van der Waals surface area contributed by atoms with Crippen molar-refractivity contribution in [2.45, 2.75) is 31.7 Å². The summed E-state index contributed by atoms with van der Waals surface area (Å²) in [5.74, 6) is 1.58. The molecule has 0 aliphatic carbocycles. The molecule has 20 heavy (non-hydrogen) atoms. The van der Waals surface area contributed by atoms with Crippen molar-refractivity contribution in [1.29, 1.82) is 0 Å². The first-order chi connectivity index (χ1) is 9.76. The van der Waals surface area contributed by atoms with E-state index in [1.54, 1.807) is 0 Å². The first kappa shape index (κ1) is 13.2.